The van der Waals surface area contributed by atoms with Crippen LogP contribution in [0.25, 0.3) is 21.3 Å². The Bertz CT molecular complexity index is 867. The fraction of sp³-hybridized carbons (Fsp3) is 0. The Balaban J connectivity index is 2.26. The molecular weight excluding hydrogens is 283 g/mol. The molecule has 0 aliphatic carbocycles. The molecule has 0 aliphatic heterocycles. The molecular formula is C13H7FN2O3S. The van der Waals surface area contributed by atoms with Crippen molar-refractivity contribution in [3.63, 3.8) is 0 Å². The van der Waals surface area contributed by atoms with Crippen molar-refractivity contribution in [3.8, 4) is 11.1 Å². The lowest BCUT2D eigenvalue weighted by Crippen LogP contribution is -2.14. The largest absolute Gasteiger partial charge is 0.475 e. The van der Waals surface area contributed by atoms with Gasteiger partial charge < -0.3 is 10.1 Å². The van der Waals surface area contributed by atoms with E-state index in [0.717, 1.165) is 0 Å². The summed E-state index contributed by atoms with van der Waals surface area (Å²) in [6.45, 7) is 0. The van der Waals surface area contributed by atoms with Crippen LogP contribution in [0.5, 0.6) is 0 Å². The fourth-order valence-electron chi connectivity index (χ4n) is 1.89. The number of aromatic carboxylic acids is 1. The minimum Gasteiger partial charge on any atom is -0.475 e. The maximum absolute atomic E-state index is 12.9. The van der Waals surface area contributed by atoms with Gasteiger partial charge in [0.15, 0.2) is 0 Å². The molecule has 1 aromatic carbocycles. The number of halogens is 1. The lowest BCUT2D eigenvalue weighted by atomic mass is 10.1. The molecule has 0 aliphatic rings. The third-order valence-electron chi connectivity index (χ3n) is 2.80. The van der Waals surface area contributed by atoms with Crippen LogP contribution in [-0.4, -0.2) is 21.0 Å². The van der Waals surface area contributed by atoms with Gasteiger partial charge in [-0.25, -0.2) is 14.2 Å². The molecule has 100 valence electrons. The average molecular weight is 290 g/mol. The van der Waals surface area contributed by atoms with Gasteiger partial charge >= 0.3 is 5.97 Å². The van der Waals surface area contributed by atoms with Crippen LogP contribution in [0.3, 0.4) is 0 Å². The standard InChI is InChI=1S/C13H7FN2O3S/c14-7-3-1-6(2-4-7)8-5-20-12-9(8)11(17)15-10(16-12)13(18)19/h1-5H,(H,18,19)(H,15,16,17). The van der Waals surface area contributed by atoms with E-state index in [1.54, 1.807) is 17.5 Å². The van der Waals surface area contributed by atoms with E-state index in [-0.39, 0.29) is 5.82 Å². The number of nitrogens with one attached hydrogen (secondary N) is 1. The molecule has 2 heterocycles. The molecule has 0 amide bonds. The summed E-state index contributed by atoms with van der Waals surface area (Å²) < 4.78 is 12.9. The average Bonchev–Trinajstić information content (AvgIpc) is 2.84. The van der Waals surface area contributed by atoms with Gasteiger partial charge in [-0.1, -0.05) is 12.1 Å². The van der Waals surface area contributed by atoms with Gasteiger partial charge in [0, 0.05) is 10.9 Å². The van der Waals surface area contributed by atoms with Crippen molar-refractivity contribution >= 4 is 27.5 Å². The number of aromatic amines is 1. The summed E-state index contributed by atoms with van der Waals surface area (Å²) in [6, 6.07) is 5.71. The van der Waals surface area contributed by atoms with Gasteiger partial charge in [0.2, 0.25) is 5.82 Å². The molecule has 2 N–H and O–H groups in total. The molecule has 0 bridgehead atoms. The maximum Gasteiger partial charge on any atom is 0.372 e. The number of benzene rings is 1. The number of H-pyrrole nitrogens is 1. The lowest BCUT2D eigenvalue weighted by molar-refractivity contribution is 0.0683. The van der Waals surface area contributed by atoms with E-state index in [0.29, 0.717) is 21.3 Å². The first-order chi connectivity index (χ1) is 9.56. The van der Waals surface area contributed by atoms with E-state index in [1.165, 1.54) is 23.5 Å². The summed E-state index contributed by atoms with van der Waals surface area (Å²) in [5.74, 6) is -2.05. The highest BCUT2D eigenvalue weighted by Crippen LogP contribution is 2.30. The minimum absolute atomic E-state index is 0.312. The van der Waals surface area contributed by atoms with Crippen molar-refractivity contribution in [2.45, 2.75) is 0 Å². The van der Waals surface area contributed by atoms with Gasteiger partial charge in [0.05, 0.1) is 5.39 Å². The second-order valence-electron chi connectivity index (χ2n) is 4.06. The number of thiophene rings is 1. The predicted molar refractivity (Wildman–Crippen MR) is 72.6 cm³/mol. The predicted octanol–water partition coefficient (Wildman–Crippen LogP) is 2.49. The molecule has 3 rings (SSSR count). The number of carboxylic acids is 1. The summed E-state index contributed by atoms with van der Waals surface area (Å²) in [4.78, 5) is 29.3. The van der Waals surface area contributed by atoms with E-state index in [9.17, 15) is 14.0 Å². The van der Waals surface area contributed by atoms with Gasteiger partial charge in [0.25, 0.3) is 5.56 Å². The Labute approximate surface area is 115 Å². The molecule has 2 aromatic heterocycles. The van der Waals surface area contributed by atoms with E-state index >= 15 is 0 Å². The first-order valence-corrected chi connectivity index (χ1v) is 6.45. The van der Waals surface area contributed by atoms with Gasteiger partial charge in [0.1, 0.15) is 10.6 Å². The minimum atomic E-state index is -1.29. The zero-order valence-corrected chi connectivity index (χ0v) is 10.7. The SMILES string of the molecule is O=C(O)c1nc2scc(-c3ccc(F)cc3)c2c(=O)[nH]1. The van der Waals surface area contributed by atoms with Gasteiger partial charge in [-0.05, 0) is 17.7 Å². The van der Waals surface area contributed by atoms with Gasteiger partial charge in [-0.15, -0.1) is 11.3 Å². The van der Waals surface area contributed by atoms with Crippen LogP contribution >= 0.6 is 11.3 Å². The van der Waals surface area contributed by atoms with E-state index < -0.39 is 17.4 Å². The van der Waals surface area contributed by atoms with Crippen LogP contribution in [0.2, 0.25) is 0 Å². The topological polar surface area (TPSA) is 83.0 Å². The summed E-state index contributed by atoms with van der Waals surface area (Å²) in [6.07, 6.45) is 0. The Hall–Kier alpha value is -2.54. The smallest absolute Gasteiger partial charge is 0.372 e. The van der Waals surface area contributed by atoms with Crippen molar-refractivity contribution in [3.05, 3.63) is 51.6 Å². The highest BCUT2D eigenvalue weighted by Gasteiger charge is 2.15. The molecule has 0 saturated heterocycles. The van der Waals surface area contributed by atoms with Crippen LogP contribution in [-0.2, 0) is 0 Å². The van der Waals surface area contributed by atoms with Crippen molar-refractivity contribution in [1.82, 2.24) is 9.97 Å². The number of carbonyl (C=O) groups is 1. The van der Waals surface area contributed by atoms with E-state index in [2.05, 4.69) is 9.97 Å². The Morgan fingerprint density at radius 3 is 2.65 bits per heavy atom. The first-order valence-electron chi connectivity index (χ1n) is 5.57. The summed E-state index contributed by atoms with van der Waals surface area (Å²) >= 11 is 1.17. The number of hydrogen-bond donors (Lipinski definition) is 2. The number of aromatic nitrogens is 2. The molecule has 20 heavy (non-hydrogen) atoms. The number of carboxylic acid groups (broad SMARTS) is 1. The van der Waals surface area contributed by atoms with Crippen molar-refractivity contribution in [1.29, 1.82) is 0 Å². The third-order valence-corrected chi connectivity index (χ3v) is 3.67. The van der Waals surface area contributed by atoms with E-state index in [4.69, 9.17) is 5.11 Å². The molecule has 0 saturated carbocycles. The summed E-state index contributed by atoms with van der Waals surface area (Å²) in [7, 11) is 0. The van der Waals surface area contributed by atoms with Crippen molar-refractivity contribution in [2.75, 3.05) is 0 Å². The Kier molecular flexibility index (Phi) is 2.83. The van der Waals surface area contributed by atoms with Crippen LogP contribution in [0.15, 0.2) is 34.4 Å². The zero-order valence-electron chi connectivity index (χ0n) is 9.88. The molecule has 5 nitrogen and oxygen atoms in total. The number of fused-ring (bicyclic) bond motifs is 1. The van der Waals surface area contributed by atoms with Crippen molar-refractivity contribution in [2.24, 2.45) is 0 Å². The molecule has 0 atom stereocenters. The number of hydrogen-bond acceptors (Lipinski definition) is 4. The third kappa shape index (κ3) is 1.97. The molecule has 0 unspecified atom stereocenters. The van der Waals surface area contributed by atoms with E-state index in [1.807, 2.05) is 0 Å². The second kappa shape index (κ2) is 4.53. The van der Waals surface area contributed by atoms with Gasteiger partial charge in [-0.3, -0.25) is 4.79 Å². The van der Waals surface area contributed by atoms with Crippen LogP contribution in [0, 0.1) is 5.82 Å². The van der Waals surface area contributed by atoms with Crippen LogP contribution < -0.4 is 5.56 Å². The maximum atomic E-state index is 12.9. The quantitative estimate of drug-likeness (QED) is 0.759. The second-order valence-corrected chi connectivity index (χ2v) is 4.91. The van der Waals surface area contributed by atoms with Crippen LogP contribution in [0.1, 0.15) is 10.6 Å². The Morgan fingerprint density at radius 2 is 2.00 bits per heavy atom. The van der Waals surface area contributed by atoms with Gasteiger partial charge in [-0.2, -0.15) is 0 Å². The first kappa shape index (κ1) is 12.5. The molecule has 0 spiro atoms. The lowest BCUT2D eigenvalue weighted by Gasteiger charge is -1.99. The Morgan fingerprint density at radius 1 is 1.30 bits per heavy atom. The molecule has 3 aromatic rings. The highest BCUT2D eigenvalue weighted by molar-refractivity contribution is 7.17. The number of rotatable bonds is 2. The normalized spacial score (nSPS) is 10.8. The zero-order chi connectivity index (χ0) is 14.3. The monoisotopic (exact) mass is 290 g/mol. The van der Waals surface area contributed by atoms with Crippen LogP contribution in [0.4, 0.5) is 4.39 Å². The molecule has 7 heteroatoms. The fourth-order valence-corrected chi connectivity index (χ4v) is 2.84. The molecule has 0 fully saturated rings. The summed E-state index contributed by atoms with van der Waals surface area (Å²) in [5.41, 5.74) is 0.761. The number of nitrogens with zero attached hydrogens (tertiary/aromatic N) is 1. The molecule has 0 radical (unpaired) electrons. The highest BCUT2D eigenvalue weighted by atomic mass is 32.1. The van der Waals surface area contributed by atoms with Crippen molar-refractivity contribution < 1.29 is 14.3 Å². The summed E-state index contributed by atoms with van der Waals surface area (Å²) in [5, 5.41) is 10.9.